The van der Waals surface area contributed by atoms with Gasteiger partial charge in [-0.1, -0.05) is 47.7 Å². The van der Waals surface area contributed by atoms with Gasteiger partial charge in [0.1, 0.15) is 11.1 Å². The number of aromatic amines is 1. The lowest BCUT2D eigenvalue weighted by atomic mass is 10.1. The van der Waals surface area contributed by atoms with Crippen molar-refractivity contribution in [1.29, 1.82) is 0 Å². The maximum absolute atomic E-state index is 12.1. The van der Waals surface area contributed by atoms with Gasteiger partial charge in [-0.25, -0.2) is 14.9 Å². The first kappa shape index (κ1) is 24.2. The number of amides is 1. The second-order valence-electron chi connectivity index (χ2n) is 9.68. The summed E-state index contributed by atoms with van der Waals surface area (Å²) in [6, 6.07) is 23.6. The fourth-order valence-corrected chi connectivity index (χ4v) is 4.08. The van der Waals surface area contributed by atoms with E-state index in [0.717, 1.165) is 38.8 Å². The van der Waals surface area contributed by atoms with E-state index in [0.29, 0.717) is 6.54 Å². The molecule has 0 spiro atoms. The first-order chi connectivity index (χ1) is 17.9. The molecule has 2 heterocycles. The van der Waals surface area contributed by atoms with E-state index in [1.165, 1.54) is 0 Å². The van der Waals surface area contributed by atoms with Crippen LogP contribution in [-0.4, -0.2) is 44.4 Å². The molecule has 0 saturated heterocycles. The number of aliphatic imine (C=N–C) groups is 1. The number of nitrogens with one attached hydrogen (secondary N) is 3. The molecule has 1 amide bonds. The van der Waals surface area contributed by atoms with Crippen molar-refractivity contribution in [3.8, 4) is 5.69 Å². The standard InChI is InChI=1S/C28H29N7O2/c1-28(2,3)37-27(36)33-31-18-25(29-16-19-9-5-4-6-10-19)22-17-30-23-14-13-20(15-21(22)23)35-26-12-8-7-11-24(26)32-34-35/h4-17,25,30-31H,18H2,1-3H3,(H,33,36)/b29-16+. The summed E-state index contributed by atoms with van der Waals surface area (Å²) in [5.74, 6) is 0. The minimum absolute atomic E-state index is 0.299. The molecule has 0 saturated carbocycles. The number of hydrogen-bond donors (Lipinski definition) is 3. The average Bonchev–Trinajstić information content (AvgIpc) is 3.50. The van der Waals surface area contributed by atoms with Gasteiger partial charge in [0.15, 0.2) is 0 Å². The van der Waals surface area contributed by atoms with Gasteiger partial charge in [0.25, 0.3) is 0 Å². The highest BCUT2D eigenvalue weighted by atomic mass is 16.6. The second kappa shape index (κ2) is 10.2. The van der Waals surface area contributed by atoms with Gasteiger partial charge in [0.2, 0.25) is 0 Å². The lowest BCUT2D eigenvalue weighted by Crippen LogP contribution is -2.42. The molecular weight excluding hydrogens is 466 g/mol. The second-order valence-corrected chi connectivity index (χ2v) is 9.68. The van der Waals surface area contributed by atoms with Crippen molar-refractivity contribution in [3.63, 3.8) is 0 Å². The van der Waals surface area contributed by atoms with E-state index in [1.807, 2.05) is 105 Å². The van der Waals surface area contributed by atoms with Gasteiger partial charge >= 0.3 is 6.09 Å². The Bertz CT molecular complexity index is 1550. The minimum atomic E-state index is -0.588. The van der Waals surface area contributed by atoms with Crippen LogP contribution in [0.1, 0.15) is 37.9 Å². The molecule has 0 aliphatic rings. The van der Waals surface area contributed by atoms with Crippen molar-refractivity contribution < 1.29 is 9.53 Å². The molecule has 37 heavy (non-hydrogen) atoms. The zero-order chi connectivity index (χ0) is 25.8. The summed E-state index contributed by atoms with van der Waals surface area (Å²) in [6.07, 6.45) is 3.25. The SMILES string of the molecule is CC(C)(C)OC(=O)NNCC(/N=C/c1ccccc1)c1c[nH]c2ccc(-n3nnc4ccccc43)cc12. The number of carbonyl (C=O) groups excluding carboxylic acids is 1. The summed E-state index contributed by atoms with van der Waals surface area (Å²) in [4.78, 5) is 20.4. The number of rotatable bonds is 7. The van der Waals surface area contributed by atoms with Crippen LogP contribution in [0.4, 0.5) is 4.79 Å². The number of nitrogens with zero attached hydrogens (tertiary/aromatic N) is 4. The Morgan fingerprint density at radius 3 is 2.70 bits per heavy atom. The highest BCUT2D eigenvalue weighted by Crippen LogP contribution is 2.29. The number of aromatic nitrogens is 4. The molecule has 1 unspecified atom stereocenters. The summed E-state index contributed by atoms with van der Waals surface area (Å²) >= 11 is 0. The largest absolute Gasteiger partial charge is 0.443 e. The Morgan fingerprint density at radius 1 is 1.11 bits per heavy atom. The first-order valence-corrected chi connectivity index (χ1v) is 12.1. The molecule has 3 N–H and O–H groups in total. The smallest absolute Gasteiger partial charge is 0.422 e. The Kier molecular flexibility index (Phi) is 6.70. The number of benzene rings is 3. The molecule has 5 aromatic rings. The van der Waals surface area contributed by atoms with Crippen LogP contribution in [0.3, 0.4) is 0 Å². The molecule has 0 aliphatic heterocycles. The predicted octanol–water partition coefficient (Wildman–Crippen LogP) is 5.09. The predicted molar refractivity (Wildman–Crippen MR) is 145 cm³/mol. The fourth-order valence-electron chi connectivity index (χ4n) is 4.08. The van der Waals surface area contributed by atoms with Crippen LogP contribution in [0.25, 0.3) is 27.6 Å². The highest BCUT2D eigenvalue weighted by molar-refractivity contribution is 5.87. The third-order valence-corrected chi connectivity index (χ3v) is 5.74. The highest BCUT2D eigenvalue weighted by Gasteiger charge is 2.19. The number of carbonyl (C=O) groups is 1. The zero-order valence-electron chi connectivity index (χ0n) is 21.0. The normalized spacial score (nSPS) is 12.8. The number of fused-ring (bicyclic) bond motifs is 2. The van der Waals surface area contributed by atoms with E-state index in [2.05, 4.69) is 32.2 Å². The Morgan fingerprint density at radius 2 is 1.89 bits per heavy atom. The molecule has 188 valence electrons. The Labute approximate surface area is 214 Å². The van der Waals surface area contributed by atoms with Crippen molar-refractivity contribution in [2.24, 2.45) is 4.99 Å². The van der Waals surface area contributed by atoms with E-state index in [4.69, 9.17) is 9.73 Å². The molecule has 1 atom stereocenters. The maximum Gasteiger partial charge on any atom is 0.422 e. The van der Waals surface area contributed by atoms with E-state index < -0.39 is 11.7 Å². The van der Waals surface area contributed by atoms with Gasteiger partial charge in [0, 0.05) is 35.4 Å². The van der Waals surface area contributed by atoms with Gasteiger partial charge in [-0.05, 0) is 56.7 Å². The van der Waals surface area contributed by atoms with E-state index >= 15 is 0 Å². The summed E-state index contributed by atoms with van der Waals surface area (Å²) in [6.45, 7) is 5.82. The van der Waals surface area contributed by atoms with Gasteiger partial charge in [-0.15, -0.1) is 5.10 Å². The summed E-state index contributed by atoms with van der Waals surface area (Å²) in [5, 5.41) is 9.65. The summed E-state index contributed by atoms with van der Waals surface area (Å²) < 4.78 is 7.16. The molecule has 3 aromatic carbocycles. The number of H-pyrrole nitrogens is 1. The maximum atomic E-state index is 12.1. The van der Waals surface area contributed by atoms with Crippen molar-refractivity contribution >= 4 is 34.2 Å². The number of ether oxygens (including phenoxy) is 1. The fraction of sp³-hybridized carbons (Fsp3) is 0.214. The molecule has 0 bridgehead atoms. The lowest BCUT2D eigenvalue weighted by Gasteiger charge is -2.20. The van der Waals surface area contributed by atoms with Gasteiger partial charge < -0.3 is 9.72 Å². The summed E-state index contributed by atoms with van der Waals surface area (Å²) in [5.41, 5.74) is 10.6. The number of para-hydroxylation sites is 1. The van der Waals surface area contributed by atoms with Crippen LogP contribution < -0.4 is 10.9 Å². The van der Waals surface area contributed by atoms with Crippen LogP contribution in [0.5, 0.6) is 0 Å². The van der Waals surface area contributed by atoms with Gasteiger partial charge in [-0.3, -0.25) is 10.4 Å². The molecule has 5 rings (SSSR count). The zero-order valence-corrected chi connectivity index (χ0v) is 21.0. The van der Waals surface area contributed by atoms with Gasteiger partial charge in [-0.2, -0.15) is 0 Å². The molecule has 9 heteroatoms. The van der Waals surface area contributed by atoms with Crippen molar-refractivity contribution in [3.05, 3.63) is 90.1 Å². The molecule has 0 radical (unpaired) electrons. The molecular formula is C28H29N7O2. The van der Waals surface area contributed by atoms with E-state index in [-0.39, 0.29) is 6.04 Å². The molecule has 9 nitrogen and oxygen atoms in total. The van der Waals surface area contributed by atoms with E-state index in [1.54, 1.807) is 0 Å². The Hall–Kier alpha value is -4.50. The van der Waals surface area contributed by atoms with Crippen molar-refractivity contribution in [2.45, 2.75) is 32.4 Å². The van der Waals surface area contributed by atoms with Crippen LogP contribution in [0.2, 0.25) is 0 Å². The van der Waals surface area contributed by atoms with Crippen LogP contribution in [0, 0.1) is 0 Å². The van der Waals surface area contributed by atoms with Crippen molar-refractivity contribution in [1.82, 2.24) is 30.8 Å². The minimum Gasteiger partial charge on any atom is -0.443 e. The van der Waals surface area contributed by atoms with Crippen molar-refractivity contribution in [2.75, 3.05) is 6.54 Å². The summed E-state index contributed by atoms with van der Waals surface area (Å²) in [7, 11) is 0. The van der Waals surface area contributed by atoms with Crippen LogP contribution in [0.15, 0.2) is 84.0 Å². The van der Waals surface area contributed by atoms with E-state index in [9.17, 15) is 4.79 Å². The molecule has 2 aromatic heterocycles. The van der Waals surface area contributed by atoms with Gasteiger partial charge in [0.05, 0.1) is 17.2 Å². The average molecular weight is 496 g/mol. The Balaban J connectivity index is 1.46. The topological polar surface area (TPSA) is 109 Å². The molecule has 0 aliphatic carbocycles. The van der Waals surface area contributed by atoms with Crippen LogP contribution in [-0.2, 0) is 4.74 Å². The van der Waals surface area contributed by atoms with Crippen LogP contribution >= 0.6 is 0 Å². The third-order valence-electron chi connectivity index (χ3n) is 5.74. The number of hydrogen-bond acceptors (Lipinski definition) is 6. The quantitative estimate of drug-likeness (QED) is 0.215. The lowest BCUT2D eigenvalue weighted by molar-refractivity contribution is 0.0497. The number of hydrazine groups is 1. The molecule has 0 fully saturated rings. The third kappa shape index (κ3) is 5.68. The first-order valence-electron chi connectivity index (χ1n) is 12.1. The monoisotopic (exact) mass is 495 g/mol.